The third kappa shape index (κ3) is 4.11. The van der Waals surface area contributed by atoms with Crippen LogP contribution in [0.15, 0.2) is 52.2 Å². The van der Waals surface area contributed by atoms with E-state index in [9.17, 15) is 28.3 Å². The highest BCUT2D eigenvalue weighted by atomic mass is 19.3. The highest BCUT2D eigenvalue weighted by Gasteiger charge is 2.20. The van der Waals surface area contributed by atoms with Crippen LogP contribution >= 0.6 is 0 Å². The number of hydrogen-bond donors (Lipinski definition) is 1. The summed E-state index contributed by atoms with van der Waals surface area (Å²) in [5.74, 6) is -0.862. The Bertz CT molecular complexity index is 1300. The number of ether oxygens (including phenoxy) is 2. The molecule has 0 aliphatic rings. The van der Waals surface area contributed by atoms with Gasteiger partial charge in [0.05, 0.1) is 26.5 Å². The minimum Gasteiger partial charge on any atom is -0.493 e. The maximum atomic E-state index is 13.3. The summed E-state index contributed by atoms with van der Waals surface area (Å²) in [7, 11) is 2.83. The van der Waals surface area contributed by atoms with E-state index < -0.39 is 29.2 Å². The van der Waals surface area contributed by atoms with Crippen LogP contribution in [0.25, 0.3) is 5.69 Å². The van der Waals surface area contributed by atoms with Gasteiger partial charge in [-0.1, -0.05) is 18.2 Å². The van der Waals surface area contributed by atoms with E-state index in [4.69, 9.17) is 9.47 Å². The van der Waals surface area contributed by atoms with Crippen LogP contribution in [0, 0.1) is 6.92 Å². The lowest BCUT2D eigenvalue weighted by Crippen LogP contribution is -2.42. The molecule has 1 N–H and O–H groups in total. The zero-order valence-electron chi connectivity index (χ0n) is 17.5. The zero-order valence-corrected chi connectivity index (χ0v) is 17.5. The molecule has 0 spiro atoms. The lowest BCUT2D eigenvalue weighted by molar-refractivity contribution is 0.0693. The number of halogens is 2. The number of hydrogen-bond acceptors (Lipinski definition) is 5. The van der Waals surface area contributed by atoms with E-state index >= 15 is 0 Å². The molecule has 0 atom stereocenters. The van der Waals surface area contributed by atoms with Gasteiger partial charge in [0.25, 0.3) is 12.0 Å². The molecule has 0 saturated heterocycles. The van der Waals surface area contributed by atoms with Gasteiger partial charge in [0.15, 0.2) is 11.5 Å². The summed E-state index contributed by atoms with van der Waals surface area (Å²) in [6.07, 6.45) is -1.81. The molecule has 0 unspecified atom stereocenters. The molecular weight excluding hydrogens is 426 g/mol. The molecule has 32 heavy (non-hydrogen) atoms. The monoisotopic (exact) mass is 446 g/mol. The number of rotatable bonds is 7. The molecule has 10 heteroatoms. The van der Waals surface area contributed by atoms with Crippen molar-refractivity contribution in [1.82, 2.24) is 9.13 Å². The van der Waals surface area contributed by atoms with Crippen molar-refractivity contribution in [3.63, 3.8) is 0 Å². The van der Waals surface area contributed by atoms with Gasteiger partial charge in [-0.05, 0) is 30.2 Å². The standard InChI is InChI=1S/C22H20F2N2O6/c1-12-13(5-4-6-15(12)19(23)24)10-26-20(27)16(21(28)29)11-25(22(26)30)14-7-8-17(31-2)18(9-14)32-3/h4-9,11,19H,10H2,1-3H3,(H,28,29). The van der Waals surface area contributed by atoms with Crippen LogP contribution in [-0.4, -0.2) is 34.4 Å². The number of carbonyl (C=O) groups is 1. The molecule has 1 aromatic heterocycles. The van der Waals surface area contributed by atoms with Crippen molar-refractivity contribution in [1.29, 1.82) is 0 Å². The third-order valence-electron chi connectivity index (χ3n) is 5.10. The Balaban J connectivity index is 2.24. The normalized spacial score (nSPS) is 10.9. The molecule has 3 aromatic rings. The summed E-state index contributed by atoms with van der Waals surface area (Å²) in [4.78, 5) is 37.6. The number of carboxylic acids is 1. The zero-order chi connectivity index (χ0) is 23.6. The van der Waals surface area contributed by atoms with E-state index in [0.717, 1.165) is 10.8 Å². The van der Waals surface area contributed by atoms with E-state index in [-0.39, 0.29) is 29.1 Å². The second-order valence-electron chi connectivity index (χ2n) is 6.86. The Morgan fingerprint density at radius 2 is 1.78 bits per heavy atom. The van der Waals surface area contributed by atoms with Gasteiger partial charge in [0, 0.05) is 17.8 Å². The number of carboxylic acid groups (broad SMARTS) is 1. The van der Waals surface area contributed by atoms with Gasteiger partial charge in [-0.3, -0.25) is 13.9 Å². The average Bonchev–Trinajstić information content (AvgIpc) is 2.76. The fourth-order valence-corrected chi connectivity index (χ4v) is 3.33. The smallest absolute Gasteiger partial charge is 0.342 e. The highest BCUT2D eigenvalue weighted by molar-refractivity contribution is 5.86. The first-order valence-corrected chi connectivity index (χ1v) is 9.38. The van der Waals surface area contributed by atoms with Gasteiger partial charge >= 0.3 is 11.7 Å². The summed E-state index contributed by atoms with van der Waals surface area (Å²) in [5.41, 5.74) is -2.03. The van der Waals surface area contributed by atoms with Gasteiger partial charge in [-0.2, -0.15) is 0 Å². The third-order valence-corrected chi connectivity index (χ3v) is 5.10. The number of nitrogens with zero attached hydrogens (tertiary/aromatic N) is 2. The molecule has 2 aromatic carbocycles. The van der Waals surface area contributed by atoms with Crippen LogP contribution in [0.4, 0.5) is 8.78 Å². The number of benzene rings is 2. The molecule has 0 amide bonds. The van der Waals surface area contributed by atoms with Gasteiger partial charge in [0.2, 0.25) is 0 Å². The van der Waals surface area contributed by atoms with Crippen LogP contribution in [0.5, 0.6) is 11.5 Å². The van der Waals surface area contributed by atoms with Gasteiger partial charge < -0.3 is 14.6 Å². The SMILES string of the molecule is COc1ccc(-n2cc(C(=O)O)c(=O)n(Cc3cccc(C(F)F)c3C)c2=O)cc1OC. The van der Waals surface area contributed by atoms with E-state index in [1.54, 1.807) is 0 Å². The molecule has 0 fully saturated rings. The van der Waals surface area contributed by atoms with E-state index in [1.165, 1.54) is 57.5 Å². The second-order valence-corrected chi connectivity index (χ2v) is 6.86. The molecule has 0 radical (unpaired) electrons. The van der Waals surface area contributed by atoms with Gasteiger partial charge in [0.1, 0.15) is 5.56 Å². The predicted molar refractivity (Wildman–Crippen MR) is 112 cm³/mol. The number of alkyl halides is 2. The molecule has 0 saturated carbocycles. The quantitative estimate of drug-likeness (QED) is 0.599. The Morgan fingerprint density at radius 1 is 1.09 bits per heavy atom. The summed E-state index contributed by atoms with van der Waals surface area (Å²) in [5, 5.41) is 9.50. The maximum Gasteiger partial charge on any atom is 0.342 e. The molecule has 0 bridgehead atoms. The summed E-state index contributed by atoms with van der Waals surface area (Å²) in [6.45, 7) is 1.08. The molecule has 1 heterocycles. The topological polar surface area (TPSA) is 99.8 Å². The molecule has 3 rings (SSSR count). The van der Waals surface area contributed by atoms with Crippen LogP contribution in [-0.2, 0) is 6.54 Å². The van der Waals surface area contributed by atoms with Crippen LogP contribution in [0.2, 0.25) is 0 Å². The van der Waals surface area contributed by atoms with Crippen molar-refractivity contribution in [3.05, 3.63) is 85.7 Å². The highest BCUT2D eigenvalue weighted by Crippen LogP contribution is 2.29. The second kappa shape index (κ2) is 9.04. The minimum absolute atomic E-state index is 0.215. The maximum absolute atomic E-state index is 13.3. The van der Waals surface area contributed by atoms with Gasteiger partial charge in [-0.15, -0.1) is 0 Å². The average molecular weight is 446 g/mol. The van der Waals surface area contributed by atoms with Crippen LogP contribution < -0.4 is 20.7 Å². The van der Waals surface area contributed by atoms with Crippen LogP contribution in [0.1, 0.15) is 33.5 Å². The largest absolute Gasteiger partial charge is 0.493 e. The first-order valence-electron chi connectivity index (χ1n) is 9.38. The Hall–Kier alpha value is -3.95. The fraction of sp³-hybridized carbons (Fsp3) is 0.227. The summed E-state index contributed by atoms with van der Waals surface area (Å²) >= 11 is 0. The Labute approximate surface area is 180 Å². The molecule has 0 aliphatic heterocycles. The van der Waals surface area contributed by atoms with Gasteiger partial charge in [-0.25, -0.2) is 18.4 Å². The van der Waals surface area contributed by atoms with Crippen LogP contribution in [0.3, 0.4) is 0 Å². The van der Waals surface area contributed by atoms with E-state index in [1.807, 2.05) is 0 Å². The Morgan fingerprint density at radius 3 is 2.38 bits per heavy atom. The minimum atomic E-state index is -2.74. The van der Waals surface area contributed by atoms with E-state index in [0.29, 0.717) is 15.9 Å². The molecule has 168 valence electrons. The molecular formula is C22H20F2N2O6. The first-order chi connectivity index (χ1) is 15.2. The van der Waals surface area contributed by atoms with Crippen molar-refractivity contribution in [2.45, 2.75) is 19.9 Å². The Kier molecular flexibility index (Phi) is 6.42. The predicted octanol–water partition coefficient (Wildman–Crippen LogP) is 3.01. The fourth-order valence-electron chi connectivity index (χ4n) is 3.33. The van der Waals surface area contributed by atoms with Crippen molar-refractivity contribution in [2.24, 2.45) is 0 Å². The lowest BCUT2D eigenvalue weighted by Gasteiger charge is -2.15. The summed E-state index contributed by atoms with van der Waals surface area (Å²) < 4.78 is 38.6. The number of methoxy groups -OCH3 is 2. The number of aromatic nitrogens is 2. The van der Waals surface area contributed by atoms with Crippen molar-refractivity contribution in [2.75, 3.05) is 14.2 Å². The summed E-state index contributed by atoms with van der Waals surface area (Å²) in [6, 6.07) is 8.61. The van der Waals surface area contributed by atoms with Crippen molar-refractivity contribution in [3.8, 4) is 17.2 Å². The van der Waals surface area contributed by atoms with Crippen molar-refractivity contribution >= 4 is 5.97 Å². The van der Waals surface area contributed by atoms with Crippen molar-refractivity contribution < 1.29 is 28.2 Å². The van der Waals surface area contributed by atoms with E-state index in [2.05, 4.69) is 0 Å². The lowest BCUT2D eigenvalue weighted by atomic mass is 10.0. The molecule has 8 nitrogen and oxygen atoms in total. The number of aromatic carboxylic acids is 1. The molecule has 0 aliphatic carbocycles. The first kappa shape index (κ1) is 22.7.